The molecule has 0 aliphatic heterocycles. The van der Waals surface area contributed by atoms with E-state index in [2.05, 4.69) is 0 Å². The Morgan fingerprint density at radius 2 is 1.85 bits per heavy atom. The molecule has 0 fully saturated rings. The van der Waals surface area contributed by atoms with Crippen molar-refractivity contribution in [1.29, 1.82) is 0 Å². The summed E-state index contributed by atoms with van der Waals surface area (Å²) < 4.78 is 5.01. The molecule has 0 heterocycles. The fraction of sp³-hybridized carbons (Fsp3) is 0.429. The molecule has 0 saturated heterocycles. The summed E-state index contributed by atoms with van der Waals surface area (Å²) in [6.07, 6.45) is 1.07. The number of aliphatic carboxylic acids is 1. The van der Waals surface area contributed by atoms with Crippen molar-refractivity contribution in [3.63, 3.8) is 0 Å². The summed E-state index contributed by atoms with van der Waals surface area (Å²) >= 11 is 0. The van der Waals surface area contributed by atoms with Gasteiger partial charge < -0.3 is 21.3 Å². The summed E-state index contributed by atoms with van der Waals surface area (Å²) in [6.45, 7) is 0.428. The summed E-state index contributed by atoms with van der Waals surface area (Å²) in [4.78, 5) is 23.1. The molecule has 6 heteroatoms. The van der Waals surface area contributed by atoms with E-state index in [0.717, 1.165) is 5.56 Å². The van der Waals surface area contributed by atoms with Gasteiger partial charge in [-0.15, -0.1) is 0 Å². The maximum Gasteiger partial charge on any atom is 0.338 e. The van der Waals surface area contributed by atoms with Crippen LogP contribution in [0.25, 0.3) is 0 Å². The van der Waals surface area contributed by atoms with Crippen LogP contribution >= 0.6 is 0 Å². The highest BCUT2D eigenvalue weighted by molar-refractivity contribution is 6.03. The molecule has 1 atom stereocenters. The number of ether oxygens (including phenoxy) is 1. The highest BCUT2D eigenvalue weighted by Crippen LogP contribution is 2.15. The van der Waals surface area contributed by atoms with Gasteiger partial charge >= 0.3 is 11.9 Å². The van der Waals surface area contributed by atoms with Crippen LogP contribution in [0, 0.1) is 0 Å². The van der Waals surface area contributed by atoms with Crippen molar-refractivity contribution in [2.24, 2.45) is 11.5 Å². The summed E-state index contributed by atoms with van der Waals surface area (Å²) in [5.74, 6) is -2.31. The Hall–Kier alpha value is -1.92. The number of hydrogen-bond acceptors (Lipinski definition) is 5. The van der Waals surface area contributed by atoms with Crippen LogP contribution in [-0.2, 0) is 20.9 Å². The average Bonchev–Trinajstić information content (AvgIpc) is 2.45. The third-order valence-electron chi connectivity index (χ3n) is 2.98. The van der Waals surface area contributed by atoms with Crippen LogP contribution in [0.5, 0.6) is 0 Å². The molecule has 0 bridgehead atoms. The van der Waals surface area contributed by atoms with Crippen molar-refractivity contribution in [2.45, 2.75) is 31.4 Å². The van der Waals surface area contributed by atoms with Crippen molar-refractivity contribution in [3.8, 4) is 0 Å². The molecule has 1 unspecified atom stereocenters. The lowest BCUT2D eigenvalue weighted by molar-refractivity contribution is -0.162. The first-order chi connectivity index (χ1) is 9.50. The number of carbonyl (C=O) groups is 2. The van der Waals surface area contributed by atoms with Crippen LogP contribution in [0.15, 0.2) is 30.3 Å². The van der Waals surface area contributed by atoms with E-state index in [4.69, 9.17) is 21.3 Å². The number of esters is 1. The number of carboxylic acids is 1. The lowest BCUT2D eigenvalue weighted by Crippen LogP contribution is -2.55. The molecule has 0 aliphatic carbocycles. The van der Waals surface area contributed by atoms with Crippen LogP contribution < -0.4 is 11.5 Å². The van der Waals surface area contributed by atoms with Gasteiger partial charge in [0.05, 0.1) is 0 Å². The van der Waals surface area contributed by atoms with Gasteiger partial charge in [0.2, 0.25) is 5.54 Å². The Labute approximate surface area is 117 Å². The zero-order chi connectivity index (χ0) is 15.0. The van der Waals surface area contributed by atoms with Crippen molar-refractivity contribution < 1.29 is 19.4 Å². The molecular weight excluding hydrogens is 260 g/mol. The van der Waals surface area contributed by atoms with E-state index in [1.165, 1.54) is 0 Å². The lowest BCUT2D eigenvalue weighted by Gasteiger charge is -2.22. The second kappa shape index (κ2) is 7.62. The average molecular weight is 280 g/mol. The molecule has 0 saturated carbocycles. The number of hydrogen-bond donors (Lipinski definition) is 3. The smallest absolute Gasteiger partial charge is 0.338 e. The number of carboxylic acid groups (broad SMARTS) is 1. The van der Waals surface area contributed by atoms with Gasteiger partial charge in [-0.3, -0.25) is 0 Å². The van der Waals surface area contributed by atoms with Gasteiger partial charge in [0.25, 0.3) is 0 Å². The second-order valence-electron chi connectivity index (χ2n) is 4.58. The van der Waals surface area contributed by atoms with Gasteiger partial charge in [-0.1, -0.05) is 30.3 Å². The summed E-state index contributed by atoms with van der Waals surface area (Å²) in [5, 5.41) is 9.14. The first-order valence-electron chi connectivity index (χ1n) is 6.44. The maximum absolute atomic E-state index is 11.9. The van der Waals surface area contributed by atoms with E-state index >= 15 is 0 Å². The first kappa shape index (κ1) is 16.1. The topological polar surface area (TPSA) is 116 Å². The summed E-state index contributed by atoms with van der Waals surface area (Å²) in [7, 11) is 0. The van der Waals surface area contributed by atoms with Gasteiger partial charge in [0.15, 0.2) is 0 Å². The summed E-state index contributed by atoms with van der Waals surface area (Å²) in [5.41, 5.74) is 9.78. The quantitative estimate of drug-likeness (QED) is 0.365. The van der Waals surface area contributed by atoms with E-state index in [1.54, 1.807) is 24.3 Å². The SMILES string of the molecule is NCCCCC(N)(C(=O)O)C(=O)OCc1ccccc1. The van der Waals surface area contributed by atoms with Crippen LogP contribution in [0.1, 0.15) is 24.8 Å². The van der Waals surface area contributed by atoms with E-state index in [1.807, 2.05) is 6.07 Å². The van der Waals surface area contributed by atoms with Crippen molar-refractivity contribution in [2.75, 3.05) is 6.54 Å². The molecule has 110 valence electrons. The molecular formula is C14H20N2O4. The van der Waals surface area contributed by atoms with Crippen LogP contribution in [0.2, 0.25) is 0 Å². The Kier molecular flexibility index (Phi) is 6.14. The largest absolute Gasteiger partial charge is 0.479 e. The monoisotopic (exact) mass is 280 g/mol. The zero-order valence-corrected chi connectivity index (χ0v) is 11.2. The minimum atomic E-state index is -2.01. The van der Waals surface area contributed by atoms with Gasteiger partial charge in [-0.2, -0.15) is 0 Å². The number of unbranched alkanes of at least 4 members (excludes halogenated alkanes) is 1. The molecule has 20 heavy (non-hydrogen) atoms. The fourth-order valence-electron chi connectivity index (χ4n) is 1.70. The van der Waals surface area contributed by atoms with Crippen LogP contribution in [0.4, 0.5) is 0 Å². The van der Waals surface area contributed by atoms with Gasteiger partial charge in [-0.25, -0.2) is 9.59 Å². The molecule has 0 amide bonds. The van der Waals surface area contributed by atoms with E-state index in [0.29, 0.717) is 19.4 Å². The highest BCUT2D eigenvalue weighted by Gasteiger charge is 2.43. The molecule has 5 N–H and O–H groups in total. The predicted octanol–water partition coefficient (Wildman–Crippen LogP) is 0.641. The van der Waals surface area contributed by atoms with Gasteiger partial charge in [-0.05, 0) is 31.4 Å². The van der Waals surface area contributed by atoms with Crippen molar-refractivity contribution in [3.05, 3.63) is 35.9 Å². The standard InChI is InChI=1S/C14H20N2O4/c15-9-5-4-8-14(16,12(17)18)13(19)20-10-11-6-2-1-3-7-11/h1-3,6-7H,4-5,8-10,15-16H2,(H,17,18). The lowest BCUT2D eigenvalue weighted by atomic mass is 9.94. The number of benzene rings is 1. The third-order valence-corrected chi connectivity index (χ3v) is 2.98. The maximum atomic E-state index is 11.9. The van der Waals surface area contributed by atoms with Crippen LogP contribution in [-0.4, -0.2) is 29.1 Å². The van der Waals surface area contributed by atoms with Gasteiger partial charge in [0, 0.05) is 0 Å². The van der Waals surface area contributed by atoms with E-state index < -0.39 is 17.5 Å². The van der Waals surface area contributed by atoms with E-state index in [9.17, 15) is 9.59 Å². The van der Waals surface area contributed by atoms with Crippen molar-refractivity contribution in [1.82, 2.24) is 0 Å². The second-order valence-corrected chi connectivity index (χ2v) is 4.58. The molecule has 0 radical (unpaired) electrons. The highest BCUT2D eigenvalue weighted by atomic mass is 16.5. The Morgan fingerprint density at radius 1 is 1.20 bits per heavy atom. The van der Waals surface area contributed by atoms with Crippen molar-refractivity contribution >= 4 is 11.9 Å². The van der Waals surface area contributed by atoms with E-state index in [-0.39, 0.29) is 13.0 Å². The molecule has 0 aromatic heterocycles. The molecule has 0 spiro atoms. The number of nitrogens with two attached hydrogens (primary N) is 2. The summed E-state index contributed by atoms with van der Waals surface area (Å²) in [6, 6.07) is 9.00. The Morgan fingerprint density at radius 3 is 2.40 bits per heavy atom. The minimum absolute atomic E-state index is 0.00277. The third kappa shape index (κ3) is 4.32. The molecule has 1 aromatic rings. The first-order valence-corrected chi connectivity index (χ1v) is 6.44. The van der Waals surface area contributed by atoms with Gasteiger partial charge in [0.1, 0.15) is 6.61 Å². The number of rotatable bonds is 8. The fourth-order valence-corrected chi connectivity index (χ4v) is 1.70. The molecule has 6 nitrogen and oxygen atoms in total. The Balaban J connectivity index is 2.62. The molecule has 1 rings (SSSR count). The normalized spacial score (nSPS) is 13.5. The minimum Gasteiger partial charge on any atom is -0.479 e. The Bertz CT molecular complexity index is 450. The molecule has 1 aromatic carbocycles. The van der Waals surface area contributed by atoms with Crippen LogP contribution in [0.3, 0.4) is 0 Å². The number of carbonyl (C=O) groups excluding carboxylic acids is 1. The zero-order valence-electron chi connectivity index (χ0n) is 11.2. The molecule has 0 aliphatic rings. The predicted molar refractivity (Wildman–Crippen MR) is 73.7 cm³/mol.